The third-order valence-corrected chi connectivity index (χ3v) is 4.38. The number of non-ortho nitro benzene ring substituents is 2. The minimum absolute atomic E-state index is 0.272. The van der Waals surface area contributed by atoms with Gasteiger partial charge in [0.1, 0.15) is 0 Å². The third kappa shape index (κ3) is 3.83. The lowest BCUT2D eigenvalue weighted by Gasteiger charge is -2.21. The molecule has 0 aliphatic heterocycles. The molecule has 0 heterocycles. The summed E-state index contributed by atoms with van der Waals surface area (Å²) in [6.07, 6.45) is 5.84. The first kappa shape index (κ1) is 14.6. The van der Waals surface area contributed by atoms with Crippen LogP contribution in [0.2, 0.25) is 0 Å². The van der Waals surface area contributed by atoms with Gasteiger partial charge in [0.2, 0.25) is 0 Å². The minimum atomic E-state index is -0.622. The van der Waals surface area contributed by atoms with E-state index in [9.17, 15) is 20.2 Å². The van der Waals surface area contributed by atoms with Crippen LogP contribution in [-0.4, -0.2) is 15.1 Å². The fourth-order valence-corrected chi connectivity index (χ4v) is 3.19. The molecule has 0 atom stereocenters. The number of rotatable bonds is 5. The van der Waals surface area contributed by atoms with E-state index in [1.54, 1.807) is 0 Å². The van der Waals surface area contributed by atoms with Gasteiger partial charge in [-0.05, 0) is 24.8 Å². The summed E-state index contributed by atoms with van der Waals surface area (Å²) in [5.74, 6) is 0. The van der Waals surface area contributed by atoms with E-state index in [0.717, 1.165) is 18.9 Å². The average Bonchev–Trinajstić information content (AvgIpc) is 2.45. The van der Waals surface area contributed by atoms with Crippen molar-refractivity contribution in [1.82, 2.24) is 0 Å². The lowest BCUT2D eigenvalue weighted by atomic mass is 10.0. The molecule has 1 aromatic carbocycles. The van der Waals surface area contributed by atoms with Crippen LogP contribution in [0.5, 0.6) is 0 Å². The van der Waals surface area contributed by atoms with E-state index in [2.05, 4.69) is 4.72 Å². The van der Waals surface area contributed by atoms with Crippen molar-refractivity contribution in [1.29, 1.82) is 0 Å². The molecular formula is C12H15N3O4S. The van der Waals surface area contributed by atoms with Crippen molar-refractivity contribution in [3.05, 3.63) is 38.4 Å². The van der Waals surface area contributed by atoms with Crippen molar-refractivity contribution >= 4 is 29.0 Å². The summed E-state index contributed by atoms with van der Waals surface area (Å²) in [6.45, 7) is 0. The number of hydrogen-bond acceptors (Lipinski definition) is 6. The van der Waals surface area contributed by atoms with Crippen LogP contribution in [0.25, 0.3) is 0 Å². The van der Waals surface area contributed by atoms with Crippen LogP contribution < -0.4 is 4.72 Å². The number of nitrogens with one attached hydrogen (secondary N) is 1. The number of nitro benzene ring substituents is 2. The molecule has 0 unspecified atom stereocenters. The van der Waals surface area contributed by atoms with Crippen LogP contribution in [0.3, 0.4) is 0 Å². The van der Waals surface area contributed by atoms with Gasteiger partial charge in [-0.3, -0.25) is 20.2 Å². The second-order valence-corrected chi connectivity index (χ2v) is 5.84. The SMILES string of the molecule is O=[N+]([O-])c1cc(NSC2CCCCC2)cc([N+](=O)[O-])c1. The van der Waals surface area contributed by atoms with Crippen LogP contribution >= 0.6 is 11.9 Å². The molecule has 0 bridgehead atoms. The quantitative estimate of drug-likeness (QED) is 0.503. The van der Waals surface area contributed by atoms with Gasteiger partial charge >= 0.3 is 0 Å². The van der Waals surface area contributed by atoms with Gasteiger partial charge < -0.3 is 4.72 Å². The number of hydrogen-bond donors (Lipinski definition) is 1. The van der Waals surface area contributed by atoms with Gasteiger partial charge in [0.05, 0.1) is 21.6 Å². The highest BCUT2D eigenvalue weighted by atomic mass is 32.2. The zero-order valence-corrected chi connectivity index (χ0v) is 11.6. The summed E-state index contributed by atoms with van der Waals surface area (Å²) in [7, 11) is 0. The van der Waals surface area contributed by atoms with Crippen LogP contribution in [0.4, 0.5) is 17.1 Å². The van der Waals surface area contributed by atoms with E-state index >= 15 is 0 Å². The molecule has 1 aliphatic carbocycles. The average molecular weight is 297 g/mol. The molecule has 0 saturated heterocycles. The number of anilines is 1. The van der Waals surface area contributed by atoms with Gasteiger partial charge in [-0.2, -0.15) is 0 Å². The maximum atomic E-state index is 10.8. The third-order valence-electron chi connectivity index (χ3n) is 3.22. The van der Waals surface area contributed by atoms with Crippen molar-refractivity contribution < 1.29 is 9.85 Å². The Morgan fingerprint density at radius 2 is 1.55 bits per heavy atom. The Kier molecular flexibility index (Phi) is 4.78. The highest BCUT2D eigenvalue weighted by Gasteiger charge is 2.18. The Bertz CT molecular complexity index is 485. The highest BCUT2D eigenvalue weighted by molar-refractivity contribution is 8.01. The normalized spacial score (nSPS) is 15.8. The smallest absolute Gasteiger partial charge is 0.278 e. The second-order valence-electron chi connectivity index (χ2n) is 4.73. The Hall–Kier alpha value is -1.83. The van der Waals surface area contributed by atoms with Gasteiger partial charge in [-0.1, -0.05) is 19.3 Å². The molecule has 1 aromatic rings. The minimum Gasteiger partial charge on any atom is -0.329 e. The molecule has 1 aliphatic rings. The standard InChI is InChI=1S/C12H15N3O4S/c16-14(17)10-6-9(7-11(8-10)15(18)19)13-20-12-4-2-1-3-5-12/h6-8,12-13H,1-5H2. The summed E-state index contributed by atoms with van der Waals surface area (Å²) in [6, 6.07) is 3.61. The predicted molar refractivity (Wildman–Crippen MR) is 77.8 cm³/mol. The Morgan fingerprint density at radius 3 is 2.05 bits per heavy atom. The maximum absolute atomic E-state index is 10.8. The molecular weight excluding hydrogens is 282 g/mol. The molecule has 1 fully saturated rings. The van der Waals surface area contributed by atoms with Gasteiger partial charge in [0, 0.05) is 17.4 Å². The lowest BCUT2D eigenvalue weighted by Crippen LogP contribution is -2.10. The lowest BCUT2D eigenvalue weighted by molar-refractivity contribution is -0.394. The summed E-state index contributed by atoms with van der Waals surface area (Å²) in [5, 5.41) is 22.0. The monoisotopic (exact) mass is 297 g/mol. The molecule has 0 amide bonds. The van der Waals surface area contributed by atoms with E-state index in [1.807, 2.05) is 0 Å². The van der Waals surface area contributed by atoms with Gasteiger partial charge in [0.15, 0.2) is 0 Å². The largest absolute Gasteiger partial charge is 0.329 e. The van der Waals surface area contributed by atoms with Gasteiger partial charge in [0.25, 0.3) is 11.4 Å². The Morgan fingerprint density at radius 1 is 1.00 bits per heavy atom. The molecule has 1 N–H and O–H groups in total. The van der Waals surface area contributed by atoms with Gasteiger partial charge in [-0.15, -0.1) is 0 Å². The van der Waals surface area contributed by atoms with E-state index in [4.69, 9.17) is 0 Å². The summed E-state index contributed by atoms with van der Waals surface area (Å²) in [5.41, 5.74) is -0.140. The zero-order valence-electron chi connectivity index (χ0n) is 10.8. The zero-order chi connectivity index (χ0) is 14.5. The molecule has 20 heavy (non-hydrogen) atoms. The summed E-state index contributed by atoms with van der Waals surface area (Å²) in [4.78, 5) is 20.3. The first-order chi connectivity index (χ1) is 9.56. The fourth-order valence-electron chi connectivity index (χ4n) is 2.20. The molecule has 0 spiro atoms. The molecule has 1 saturated carbocycles. The van der Waals surface area contributed by atoms with Gasteiger partial charge in [-0.25, -0.2) is 0 Å². The predicted octanol–water partition coefficient (Wildman–Crippen LogP) is 3.90. The van der Waals surface area contributed by atoms with Crippen molar-refractivity contribution in [2.24, 2.45) is 0 Å². The molecule has 8 heteroatoms. The van der Waals surface area contributed by atoms with Crippen LogP contribution in [0.1, 0.15) is 32.1 Å². The van der Waals surface area contributed by atoms with E-state index in [-0.39, 0.29) is 11.4 Å². The summed E-state index contributed by atoms with van der Waals surface area (Å²) < 4.78 is 3.01. The molecule has 2 rings (SSSR count). The maximum Gasteiger partial charge on any atom is 0.278 e. The van der Waals surface area contributed by atoms with Crippen LogP contribution in [0, 0.1) is 20.2 Å². The molecule has 0 radical (unpaired) electrons. The van der Waals surface area contributed by atoms with Crippen molar-refractivity contribution in [2.45, 2.75) is 37.4 Å². The van der Waals surface area contributed by atoms with E-state index < -0.39 is 9.85 Å². The van der Waals surface area contributed by atoms with Crippen LogP contribution in [0.15, 0.2) is 18.2 Å². The van der Waals surface area contributed by atoms with E-state index in [1.165, 1.54) is 43.3 Å². The first-order valence-corrected chi connectivity index (χ1v) is 7.30. The molecule has 7 nitrogen and oxygen atoms in total. The molecule has 108 valence electrons. The summed E-state index contributed by atoms with van der Waals surface area (Å²) >= 11 is 1.50. The van der Waals surface area contributed by atoms with Crippen molar-refractivity contribution in [3.8, 4) is 0 Å². The topological polar surface area (TPSA) is 98.3 Å². The highest BCUT2D eigenvalue weighted by Crippen LogP contribution is 2.32. The van der Waals surface area contributed by atoms with E-state index in [0.29, 0.717) is 10.9 Å². The van der Waals surface area contributed by atoms with Crippen molar-refractivity contribution in [3.63, 3.8) is 0 Å². The fraction of sp³-hybridized carbons (Fsp3) is 0.500. The number of nitro groups is 2. The van der Waals surface area contributed by atoms with Crippen molar-refractivity contribution in [2.75, 3.05) is 4.72 Å². The number of benzene rings is 1. The second kappa shape index (κ2) is 6.56. The molecule has 0 aromatic heterocycles. The van der Waals surface area contributed by atoms with Crippen LogP contribution in [-0.2, 0) is 0 Å². The Balaban J connectivity index is 2.09. The Labute approximate surface area is 120 Å². The number of nitrogens with zero attached hydrogens (tertiary/aromatic N) is 2. The first-order valence-electron chi connectivity index (χ1n) is 6.42.